The Morgan fingerprint density at radius 2 is 1.73 bits per heavy atom. The Hall–Kier alpha value is -1.06. The zero-order valence-corrected chi connectivity index (χ0v) is 15.3. The van der Waals surface area contributed by atoms with Crippen LogP contribution in [0.25, 0.3) is 0 Å². The van der Waals surface area contributed by atoms with E-state index in [0.29, 0.717) is 18.9 Å². The van der Waals surface area contributed by atoms with Gasteiger partial charge in [0.1, 0.15) is 0 Å². The highest BCUT2D eigenvalue weighted by molar-refractivity contribution is 5.85. The largest absolute Gasteiger partial charge is 0.350 e. The number of carbonyl (C=O) groups excluding carboxylic acids is 1. The Labute approximate surface area is 141 Å². The number of hydrogen-bond acceptors (Lipinski definition) is 2. The average Bonchev–Trinajstić information content (AvgIpc) is 2.37. The molecule has 0 spiro atoms. The molecule has 1 rings (SSSR count). The molecule has 22 heavy (non-hydrogen) atoms. The molecule has 1 aromatic carbocycles. The number of amides is 1. The Bertz CT molecular complexity index is 459. The Morgan fingerprint density at radius 1 is 1.18 bits per heavy atom. The monoisotopic (exact) mass is 326 g/mol. The van der Waals surface area contributed by atoms with Crippen LogP contribution in [0.2, 0.25) is 0 Å². The lowest BCUT2D eigenvalue weighted by Gasteiger charge is -2.33. The first-order valence-electron chi connectivity index (χ1n) is 7.75. The van der Waals surface area contributed by atoms with Crippen LogP contribution >= 0.6 is 12.4 Å². The van der Waals surface area contributed by atoms with E-state index in [1.54, 1.807) is 0 Å². The van der Waals surface area contributed by atoms with Gasteiger partial charge in [-0.3, -0.25) is 4.79 Å². The minimum absolute atomic E-state index is 0. The zero-order chi connectivity index (χ0) is 16.1. The molecule has 1 unspecified atom stereocenters. The van der Waals surface area contributed by atoms with Gasteiger partial charge in [0.2, 0.25) is 5.91 Å². The number of halogens is 1. The summed E-state index contributed by atoms with van der Waals surface area (Å²) in [5.74, 6) is 0.568. The van der Waals surface area contributed by atoms with Crippen molar-refractivity contribution in [2.75, 3.05) is 6.54 Å². The van der Waals surface area contributed by atoms with Crippen molar-refractivity contribution in [2.24, 2.45) is 11.7 Å². The van der Waals surface area contributed by atoms with Crippen molar-refractivity contribution in [3.63, 3.8) is 0 Å². The number of carbonyl (C=O) groups is 1. The van der Waals surface area contributed by atoms with Crippen LogP contribution < -0.4 is 11.1 Å². The van der Waals surface area contributed by atoms with Crippen LogP contribution in [-0.4, -0.2) is 18.0 Å². The molecule has 0 aliphatic carbocycles. The van der Waals surface area contributed by atoms with Crippen LogP contribution in [0.4, 0.5) is 0 Å². The predicted molar refractivity (Wildman–Crippen MR) is 96.4 cm³/mol. The van der Waals surface area contributed by atoms with Crippen LogP contribution in [0.15, 0.2) is 30.3 Å². The highest BCUT2D eigenvalue weighted by Crippen LogP contribution is 2.27. The summed E-state index contributed by atoms with van der Waals surface area (Å²) < 4.78 is 0. The molecule has 1 aromatic rings. The number of nitrogens with one attached hydrogen (secondary N) is 1. The molecule has 0 aromatic heterocycles. The van der Waals surface area contributed by atoms with E-state index in [1.807, 2.05) is 25.1 Å². The Balaban J connectivity index is 0.00000441. The molecule has 1 amide bonds. The molecule has 0 aliphatic heterocycles. The highest BCUT2D eigenvalue weighted by atomic mass is 35.5. The number of benzene rings is 1. The van der Waals surface area contributed by atoms with Gasteiger partial charge in [-0.2, -0.15) is 0 Å². The van der Waals surface area contributed by atoms with Crippen LogP contribution in [0.5, 0.6) is 0 Å². The van der Waals surface area contributed by atoms with E-state index in [1.165, 1.54) is 5.56 Å². The number of nitrogens with two attached hydrogens (primary N) is 1. The van der Waals surface area contributed by atoms with Gasteiger partial charge in [-0.1, -0.05) is 58.0 Å². The van der Waals surface area contributed by atoms with Gasteiger partial charge in [-0.15, -0.1) is 12.4 Å². The fourth-order valence-corrected chi connectivity index (χ4v) is 2.86. The van der Waals surface area contributed by atoms with Gasteiger partial charge in [-0.25, -0.2) is 0 Å². The lowest BCUT2D eigenvalue weighted by Crippen LogP contribution is -2.53. The number of hydrogen-bond donors (Lipinski definition) is 2. The minimum atomic E-state index is -0.321. The second kappa shape index (κ2) is 8.54. The number of rotatable bonds is 7. The Kier molecular flexibility index (Phi) is 8.13. The van der Waals surface area contributed by atoms with Gasteiger partial charge in [0.05, 0.1) is 0 Å². The SMILES string of the molecule is CC(C)CC(C)(CN)NC(=O)CC(C)(C)c1ccccc1.Cl. The summed E-state index contributed by atoms with van der Waals surface area (Å²) in [6.07, 6.45) is 1.35. The lowest BCUT2D eigenvalue weighted by molar-refractivity contribution is -0.124. The summed E-state index contributed by atoms with van der Waals surface area (Å²) >= 11 is 0. The molecule has 0 fully saturated rings. The molecule has 0 heterocycles. The van der Waals surface area contributed by atoms with Crippen molar-refractivity contribution in [3.8, 4) is 0 Å². The summed E-state index contributed by atoms with van der Waals surface area (Å²) in [4.78, 5) is 12.4. The quantitative estimate of drug-likeness (QED) is 0.803. The molecule has 0 bridgehead atoms. The second-order valence-corrected chi connectivity index (χ2v) is 7.34. The maximum Gasteiger partial charge on any atom is 0.221 e. The van der Waals surface area contributed by atoms with Crippen LogP contribution in [0, 0.1) is 5.92 Å². The van der Waals surface area contributed by atoms with E-state index in [0.717, 1.165) is 6.42 Å². The van der Waals surface area contributed by atoms with Gasteiger partial charge in [0, 0.05) is 18.5 Å². The topological polar surface area (TPSA) is 55.1 Å². The molecule has 3 nitrogen and oxygen atoms in total. The normalized spacial score (nSPS) is 14.1. The molecule has 0 aliphatic rings. The molecule has 0 saturated heterocycles. The Morgan fingerprint density at radius 3 is 2.18 bits per heavy atom. The predicted octanol–water partition coefficient (Wildman–Crippen LogP) is 3.66. The standard InChI is InChI=1S/C18H30N2O.ClH/c1-14(2)11-18(5,13-19)20-16(21)12-17(3,4)15-9-7-6-8-10-15;/h6-10,14H,11-13,19H2,1-5H3,(H,20,21);1H. The van der Waals surface area contributed by atoms with E-state index >= 15 is 0 Å². The van der Waals surface area contributed by atoms with Crippen molar-refractivity contribution in [2.45, 2.75) is 58.4 Å². The molecule has 0 saturated carbocycles. The summed E-state index contributed by atoms with van der Waals surface area (Å²) in [6, 6.07) is 10.2. The van der Waals surface area contributed by atoms with Gasteiger partial charge in [0.15, 0.2) is 0 Å². The van der Waals surface area contributed by atoms with Gasteiger partial charge in [-0.05, 0) is 30.2 Å². The van der Waals surface area contributed by atoms with E-state index in [4.69, 9.17) is 5.73 Å². The third-order valence-corrected chi connectivity index (χ3v) is 3.91. The molecular weight excluding hydrogens is 296 g/mol. The zero-order valence-electron chi connectivity index (χ0n) is 14.5. The van der Waals surface area contributed by atoms with Crippen molar-refractivity contribution in [1.82, 2.24) is 5.32 Å². The average molecular weight is 327 g/mol. The first-order chi connectivity index (χ1) is 9.68. The van der Waals surface area contributed by atoms with Crippen LogP contribution in [0.1, 0.15) is 53.0 Å². The summed E-state index contributed by atoms with van der Waals surface area (Å²) in [5, 5.41) is 3.14. The summed E-state index contributed by atoms with van der Waals surface area (Å²) in [6.45, 7) is 11.0. The molecule has 1 atom stereocenters. The van der Waals surface area contributed by atoms with E-state index in [-0.39, 0.29) is 29.3 Å². The van der Waals surface area contributed by atoms with E-state index in [2.05, 4.69) is 45.1 Å². The molecule has 0 radical (unpaired) electrons. The van der Waals surface area contributed by atoms with Crippen molar-refractivity contribution < 1.29 is 4.79 Å². The molecule has 4 heteroatoms. The maximum atomic E-state index is 12.4. The van der Waals surface area contributed by atoms with Crippen LogP contribution in [-0.2, 0) is 10.2 Å². The van der Waals surface area contributed by atoms with Gasteiger partial charge >= 0.3 is 0 Å². The fourth-order valence-electron chi connectivity index (χ4n) is 2.86. The van der Waals surface area contributed by atoms with Crippen molar-refractivity contribution in [1.29, 1.82) is 0 Å². The van der Waals surface area contributed by atoms with Crippen LogP contribution in [0.3, 0.4) is 0 Å². The first-order valence-corrected chi connectivity index (χ1v) is 7.75. The minimum Gasteiger partial charge on any atom is -0.350 e. The van der Waals surface area contributed by atoms with Crippen molar-refractivity contribution in [3.05, 3.63) is 35.9 Å². The van der Waals surface area contributed by atoms with E-state index < -0.39 is 0 Å². The fraction of sp³-hybridized carbons (Fsp3) is 0.611. The molecule has 126 valence electrons. The maximum absolute atomic E-state index is 12.4. The summed E-state index contributed by atoms with van der Waals surface area (Å²) in [7, 11) is 0. The second-order valence-electron chi connectivity index (χ2n) is 7.34. The van der Waals surface area contributed by atoms with E-state index in [9.17, 15) is 4.79 Å². The van der Waals surface area contributed by atoms with Crippen molar-refractivity contribution >= 4 is 18.3 Å². The van der Waals surface area contributed by atoms with Gasteiger partial charge in [0.25, 0.3) is 0 Å². The molecular formula is C18H31ClN2O. The third kappa shape index (κ3) is 6.37. The smallest absolute Gasteiger partial charge is 0.221 e. The summed E-state index contributed by atoms with van der Waals surface area (Å²) in [5.41, 5.74) is 6.54. The lowest BCUT2D eigenvalue weighted by atomic mass is 9.81. The highest BCUT2D eigenvalue weighted by Gasteiger charge is 2.29. The third-order valence-electron chi connectivity index (χ3n) is 3.91. The van der Waals surface area contributed by atoms with Gasteiger partial charge < -0.3 is 11.1 Å². The first kappa shape index (κ1) is 20.9. The molecule has 3 N–H and O–H groups in total.